The van der Waals surface area contributed by atoms with Crippen LogP contribution in [0.4, 0.5) is 5.69 Å². The number of carbonyl (C=O) groups excluding carboxylic acids is 1. The van der Waals surface area contributed by atoms with E-state index >= 15 is 0 Å². The van der Waals surface area contributed by atoms with E-state index < -0.39 is 4.92 Å². The number of carbonyl (C=O) groups is 1. The van der Waals surface area contributed by atoms with Crippen LogP contribution in [0.25, 0.3) is 0 Å². The van der Waals surface area contributed by atoms with E-state index in [2.05, 4.69) is 0 Å². The number of benzene rings is 1. The molecule has 0 aliphatic heterocycles. The van der Waals surface area contributed by atoms with Gasteiger partial charge in [-0.15, -0.1) is 0 Å². The van der Waals surface area contributed by atoms with E-state index in [0.717, 1.165) is 0 Å². The van der Waals surface area contributed by atoms with Crippen molar-refractivity contribution in [1.29, 1.82) is 0 Å². The van der Waals surface area contributed by atoms with E-state index in [9.17, 15) is 14.9 Å². The maximum atomic E-state index is 11.0. The normalized spacial score (nSPS) is 14.6. The van der Waals surface area contributed by atoms with E-state index in [1.165, 1.54) is 12.1 Å². The molecule has 88 valence electrons. The smallest absolute Gasteiger partial charge is 0.276 e. The van der Waals surface area contributed by atoms with Crippen molar-refractivity contribution in [3.63, 3.8) is 0 Å². The largest absolute Gasteiger partial charge is 0.493 e. The molecule has 2 rings (SSSR count). The molecule has 0 amide bonds. The average Bonchev–Trinajstić information content (AvgIpc) is 2.73. The highest BCUT2D eigenvalue weighted by Crippen LogP contribution is 2.22. The van der Waals surface area contributed by atoms with Gasteiger partial charge in [0.1, 0.15) is 12.4 Å². The monoisotopic (exact) mass is 233 g/mol. The van der Waals surface area contributed by atoms with Crippen molar-refractivity contribution in [3.8, 4) is 0 Å². The van der Waals surface area contributed by atoms with Gasteiger partial charge in [-0.2, -0.15) is 0 Å². The highest BCUT2D eigenvalue weighted by Gasteiger charge is 2.16. The maximum absolute atomic E-state index is 11.0. The first kappa shape index (κ1) is 11.3. The Hall–Kier alpha value is -2.17. The Labute approximate surface area is 97.9 Å². The predicted octanol–water partition coefficient (Wildman–Crippen LogP) is 2.36. The molecule has 0 saturated heterocycles. The van der Waals surface area contributed by atoms with E-state index in [1.807, 2.05) is 0 Å². The molecule has 5 heteroatoms. The van der Waals surface area contributed by atoms with E-state index in [0.29, 0.717) is 24.2 Å². The van der Waals surface area contributed by atoms with Crippen molar-refractivity contribution >= 4 is 11.5 Å². The summed E-state index contributed by atoms with van der Waals surface area (Å²) in [6.45, 7) is 0.121. The first-order chi connectivity index (χ1) is 8.16. The molecule has 17 heavy (non-hydrogen) atoms. The van der Waals surface area contributed by atoms with Gasteiger partial charge >= 0.3 is 0 Å². The molecule has 1 aliphatic rings. The fourth-order valence-electron chi connectivity index (χ4n) is 1.67. The van der Waals surface area contributed by atoms with Crippen LogP contribution in [0.15, 0.2) is 36.1 Å². The molecule has 0 saturated carbocycles. The van der Waals surface area contributed by atoms with Crippen LogP contribution in [0, 0.1) is 10.1 Å². The molecular weight excluding hydrogens is 222 g/mol. The second-order valence-electron chi connectivity index (χ2n) is 3.75. The molecular formula is C12H11NO4. The molecule has 0 aromatic heterocycles. The lowest BCUT2D eigenvalue weighted by atomic mass is 10.2. The van der Waals surface area contributed by atoms with Crippen LogP contribution in [0.5, 0.6) is 0 Å². The molecule has 0 N–H and O–H groups in total. The van der Waals surface area contributed by atoms with Crippen molar-refractivity contribution in [2.24, 2.45) is 0 Å². The molecule has 0 radical (unpaired) electrons. The summed E-state index contributed by atoms with van der Waals surface area (Å²) in [7, 11) is 0. The quantitative estimate of drug-likeness (QED) is 0.591. The summed E-state index contributed by atoms with van der Waals surface area (Å²) in [4.78, 5) is 21.3. The molecule has 1 aromatic carbocycles. The number of hydrogen-bond acceptors (Lipinski definition) is 4. The average molecular weight is 233 g/mol. The fourth-order valence-corrected chi connectivity index (χ4v) is 1.67. The van der Waals surface area contributed by atoms with Crippen LogP contribution in [-0.4, -0.2) is 10.7 Å². The van der Waals surface area contributed by atoms with Crippen LogP contribution in [0.1, 0.15) is 18.4 Å². The summed E-state index contributed by atoms with van der Waals surface area (Å²) in [6, 6.07) is 6.42. The number of para-hydroxylation sites is 1. The van der Waals surface area contributed by atoms with Crippen molar-refractivity contribution in [2.75, 3.05) is 0 Å². The van der Waals surface area contributed by atoms with Crippen molar-refractivity contribution in [3.05, 3.63) is 51.8 Å². The number of allylic oxidation sites excluding steroid dienone is 2. The summed E-state index contributed by atoms with van der Waals surface area (Å²) in [6.07, 6.45) is 2.50. The van der Waals surface area contributed by atoms with Gasteiger partial charge in [0.25, 0.3) is 5.69 Å². The van der Waals surface area contributed by atoms with E-state index in [4.69, 9.17) is 4.74 Å². The Kier molecular flexibility index (Phi) is 3.18. The Balaban J connectivity index is 2.06. The summed E-state index contributed by atoms with van der Waals surface area (Å²) in [5, 5.41) is 10.8. The number of nitro benzene ring substituents is 1. The minimum atomic E-state index is -0.438. The minimum absolute atomic E-state index is 0.0393. The third-order valence-electron chi connectivity index (χ3n) is 2.54. The lowest BCUT2D eigenvalue weighted by Crippen LogP contribution is -1.97. The van der Waals surface area contributed by atoms with Crippen LogP contribution < -0.4 is 0 Å². The highest BCUT2D eigenvalue weighted by molar-refractivity contribution is 5.92. The lowest BCUT2D eigenvalue weighted by Gasteiger charge is -2.06. The van der Waals surface area contributed by atoms with Gasteiger partial charge in [0.15, 0.2) is 5.78 Å². The Bertz CT molecular complexity index is 493. The number of nitro groups is 1. The zero-order valence-corrected chi connectivity index (χ0v) is 9.09. The van der Waals surface area contributed by atoms with Gasteiger partial charge in [-0.1, -0.05) is 12.1 Å². The zero-order valence-electron chi connectivity index (χ0n) is 9.09. The Morgan fingerprint density at radius 2 is 2.06 bits per heavy atom. The molecule has 0 atom stereocenters. The first-order valence-corrected chi connectivity index (χ1v) is 5.25. The third kappa shape index (κ3) is 2.69. The molecule has 0 heterocycles. The minimum Gasteiger partial charge on any atom is -0.493 e. The molecule has 5 nitrogen and oxygen atoms in total. The van der Waals surface area contributed by atoms with Gasteiger partial charge < -0.3 is 4.74 Å². The van der Waals surface area contributed by atoms with Gasteiger partial charge in [0, 0.05) is 25.0 Å². The second-order valence-corrected chi connectivity index (χ2v) is 3.75. The number of ketones is 1. The van der Waals surface area contributed by atoms with Crippen LogP contribution >= 0.6 is 0 Å². The highest BCUT2D eigenvalue weighted by atomic mass is 16.6. The van der Waals surface area contributed by atoms with Crippen LogP contribution in [0.3, 0.4) is 0 Å². The summed E-state index contributed by atoms with van der Waals surface area (Å²) >= 11 is 0. The third-order valence-corrected chi connectivity index (χ3v) is 2.54. The van der Waals surface area contributed by atoms with Crippen LogP contribution in [0.2, 0.25) is 0 Å². The van der Waals surface area contributed by atoms with E-state index in [-0.39, 0.29) is 18.1 Å². The molecule has 0 bridgehead atoms. The Morgan fingerprint density at radius 1 is 1.29 bits per heavy atom. The molecule has 0 fully saturated rings. The van der Waals surface area contributed by atoms with E-state index in [1.54, 1.807) is 18.2 Å². The second kappa shape index (κ2) is 4.78. The molecule has 0 unspecified atom stereocenters. The van der Waals surface area contributed by atoms with Gasteiger partial charge in [-0.05, 0) is 6.07 Å². The summed E-state index contributed by atoms with van der Waals surface area (Å²) in [5.41, 5.74) is 0.551. The van der Waals surface area contributed by atoms with Crippen molar-refractivity contribution < 1.29 is 14.5 Å². The van der Waals surface area contributed by atoms with Crippen LogP contribution in [-0.2, 0) is 16.1 Å². The summed E-state index contributed by atoms with van der Waals surface area (Å²) in [5.74, 6) is 0.649. The summed E-state index contributed by atoms with van der Waals surface area (Å²) < 4.78 is 5.39. The van der Waals surface area contributed by atoms with Gasteiger partial charge in [-0.3, -0.25) is 14.9 Å². The standard InChI is InChI=1S/C12H11NO4/c14-10-5-6-11(7-10)17-8-9-3-1-2-4-12(9)13(15)16/h1-4,7H,5-6,8H2. The number of ether oxygens (including phenoxy) is 1. The fraction of sp³-hybridized carbons (Fsp3) is 0.250. The number of nitrogens with zero attached hydrogens (tertiary/aromatic N) is 1. The maximum Gasteiger partial charge on any atom is 0.276 e. The number of rotatable bonds is 4. The first-order valence-electron chi connectivity index (χ1n) is 5.25. The zero-order chi connectivity index (χ0) is 12.3. The molecule has 1 aliphatic carbocycles. The Morgan fingerprint density at radius 3 is 2.71 bits per heavy atom. The molecule has 0 spiro atoms. The lowest BCUT2D eigenvalue weighted by molar-refractivity contribution is -0.385. The van der Waals surface area contributed by atoms with Gasteiger partial charge in [0.2, 0.25) is 0 Å². The van der Waals surface area contributed by atoms with Gasteiger partial charge in [0.05, 0.1) is 10.5 Å². The number of hydrogen-bond donors (Lipinski definition) is 0. The van der Waals surface area contributed by atoms with Gasteiger partial charge in [-0.25, -0.2) is 0 Å². The van der Waals surface area contributed by atoms with Crippen molar-refractivity contribution in [1.82, 2.24) is 0 Å². The SMILES string of the molecule is O=C1C=C(OCc2ccccc2[N+](=O)[O-])CC1. The molecule has 1 aromatic rings. The predicted molar refractivity (Wildman–Crippen MR) is 60.2 cm³/mol. The van der Waals surface area contributed by atoms with Crippen molar-refractivity contribution in [2.45, 2.75) is 19.4 Å². The topological polar surface area (TPSA) is 69.4 Å².